The van der Waals surface area contributed by atoms with E-state index in [1.807, 2.05) is 0 Å². The standard InChI is InChI=1S/C7H10O.C6H10O.C2H6O2/c1-5-2-3-6-7(4-5)8-6;1-2-4-6-5(3-1)7-6;3-1-2-4/h6-7H,1-4H2;5-6H,1-4H2;3-4H,1-2H2. The Hall–Kier alpha value is -0.420. The van der Waals surface area contributed by atoms with Crippen molar-refractivity contribution in [2.75, 3.05) is 13.2 Å². The van der Waals surface area contributed by atoms with E-state index in [1.165, 1.54) is 44.1 Å². The highest BCUT2D eigenvalue weighted by atomic mass is 16.6. The molecule has 2 heterocycles. The number of aliphatic hydroxyl groups is 2. The molecule has 4 unspecified atom stereocenters. The molecule has 4 atom stereocenters. The smallest absolute Gasteiger partial charge is 0.0878 e. The van der Waals surface area contributed by atoms with Crippen LogP contribution in [0, 0.1) is 0 Å². The summed E-state index contributed by atoms with van der Waals surface area (Å²) in [5.41, 5.74) is 1.38. The van der Waals surface area contributed by atoms with Crippen LogP contribution in [-0.2, 0) is 9.47 Å². The van der Waals surface area contributed by atoms with E-state index in [2.05, 4.69) is 6.58 Å². The highest BCUT2D eigenvalue weighted by Crippen LogP contribution is 2.38. The predicted octanol–water partition coefficient (Wildman–Crippen LogP) is 1.79. The first-order valence-corrected chi connectivity index (χ1v) is 7.44. The zero-order chi connectivity index (χ0) is 13.7. The number of hydrogen-bond donors (Lipinski definition) is 2. The second kappa shape index (κ2) is 7.39. The molecule has 2 saturated carbocycles. The lowest BCUT2D eigenvalue weighted by Crippen LogP contribution is -2.02. The molecule has 4 fully saturated rings. The SMILES string of the molecule is C1CCC2OC2C1.C=C1CCC2OC2C1.OCCO. The maximum atomic E-state index is 7.62. The lowest BCUT2D eigenvalue weighted by Gasteiger charge is -2.05. The third-order valence-corrected chi connectivity index (χ3v) is 3.97. The van der Waals surface area contributed by atoms with Gasteiger partial charge in [0, 0.05) is 0 Å². The van der Waals surface area contributed by atoms with Gasteiger partial charge in [-0.15, -0.1) is 0 Å². The summed E-state index contributed by atoms with van der Waals surface area (Å²) in [5, 5.41) is 15.2. The fourth-order valence-electron chi connectivity index (χ4n) is 2.72. The first-order chi connectivity index (χ1) is 9.24. The van der Waals surface area contributed by atoms with Crippen molar-refractivity contribution in [1.29, 1.82) is 0 Å². The summed E-state index contributed by atoms with van der Waals surface area (Å²) in [5.74, 6) is 0. The van der Waals surface area contributed by atoms with Crippen LogP contribution < -0.4 is 0 Å². The molecular weight excluding hydrogens is 244 g/mol. The van der Waals surface area contributed by atoms with Crippen LogP contribution in [0.2, 0.25) is 0 Å². The molecule has 4 rings (SSSR count). The molecule has 0 aromatic rings. The Morgan fingerprint density at radius 1 is 0.895 bits per heavy atom. The minimum absolute atomic E-state index is 0.125. The van der Waals surface area contributed by atoms with Crippen molar-refractivity contribution in [2.24, 2.45) is 0 Å². The van der Waals surface area contributed by atoms with E-state index in [4.69, 9.17) is 19.7 Å². The Balaban J connectivity index is 0.000000112. The van der Waals surface area contributed by atoms with E-state index >= 15 is 0 Å². The van der Waals surface area contributed by atoms with Gasteiger partial charge in [0.1, 0.15) is 0 Å². The average Bonchev–Trinajstić information content (AvgIpc) is 3.32. The third kappa shape index (κ3) is 5.22. The van der Waals surface area contributed by atoms with Crippen molar-refractivity contribution >= 4 is 0 Å². The van der Waals surface area contributed by atoms with Crippen LogP contribution in [0.3, 0.4) is 0 Å². The van der Waals surface area contributed by atoms with Crippen LogP contribution in [0.1, 0.15) is 44.9 Å². The van der Waals surface area contributed by atoms with Crippen LogP contribution in [0.5, 0.6) is 0 Å². The Labute approximate surface area is 115 Å². The van der Waals surface area contributed by atoms with Gasteiger partial charge in [-0.05, 0) is 32.1 Å². The maximum absolute atomic E-state index is 7.62. The summed E-state index contributed by atoms with van der Waals surface area (Å²) < 4.78 is 10.6. The Bertz CT molecular complexity index is 280. The van der Waals surface area contributed by atoms with E-state index in [0.717, 1.165) is 6.42 Å². The van der Waals surface area contributed by atoms with Crippen molar-refractivity contribution in [1.82, 2.24) is 0 Å². The molecular formula is C15H26O4. The first-order valence-electron chi connectivity index (χ1n) is 7.44. The Morgan fingerprint density at radius 2 is 1.42 bits per heavy atom. The lowest BCUT2D eigenvalue weighted by atomic mass is 9.97. The molecule has 0 aromatic carbocycles. The zero-order valence-corrected chi connectivity index (χ0v) is 11.6. The zero-order valence-electron chi connectivity index (χ0n) is 11.6. The second-order valence-corrected chi connectivity index (χ2v) is 5.65. The van der Waals surface area contributed by atoms with Gasteiger partial charge in [0.25, 0.3) is 0 Å². The van der Waals surface area contributed by atoms with Crippen LogP contribution in [-0.4, -0.2) is 47.8 Å². The second-order valence-electron chi connectivity index (χ2n) is 5.65. The number of ether oxygens (including phenoxy) is 2. The van der Waals surface area contributed by atoms with Gasteiger partial charge >= 0.3 is 0 Å². The number of epoxide rings is 2. The summed E-state index contributed by atoms with van der Waals surface area (Å²) in [6.07, 6.45) is 11.6. The van der Waals surface area contributed by atoms with Crippen molar-refractivity contribution in [3.05, 3.63) is 12.2 Å². The first kappa shape index (κ1) is 15.0. The van der Waals surface area contributed by atoms with Gasteiger partial charge in [0.15, 0.2) is 0 Å². The third-order valence-electron chi connectivity index (χ3n) is 3.97. The maximum Gasteiger partial charge on any atom is 0.0878 e. The molecule has 0 bridgehead atoms. The van der Waals surface area contributed by atoms with Crippen LogP contribution in [0.25, 0.3) is 0 Å². The van der Waals surface area contributed by atoms with Gasteiger partial charge in [-0.1, -0.05) is 25.0 Å². The van der Waals surface area contributed by atoms with Gasteiger partial charge in [0.05, 0.1) is 37.6 Å². The van der Waals surface area contributed by atoms with Gasteiger partial charge in [-0.3, -0.25) is 0 Å². The minimum Gasteiger partial charge on any atom is -0.394 e. The van der Waals surface area contributed by atoms with Gasteiger partial charge in [0.2, 0.25) is 0 Å². The molecule has 0 aromatic heterocycles. The number of aliphatic hydroxyl groups excluding tert-OH is 2. The molecule has 2 aliphatic carbocycles. The van der Waals surface area contributed by atoms with Crippen molar-refractivity contribution < 1.29 is 19.7 Å². The van der Waals surface area contributed by atoms with Crippen LogP contribution in [0.4, 0.5) is 0 Å². The largest absolute Gasteiger partial charge is 0.394 e. The van der Waals surface area contributed by atoms with Gasteiger partial charge in [-0.25, -0.2) is 0 Å². The Morgan fingerprint density at radius 3 is 1.84 bits per heavy atom. The lowest BCUT2D eigenvalue weighted by molar-refractivity contribution is 0.186. The van der Waals surface area contributed by atoms with E-state index in [0.29, 0.717) is 24.4 Å². The summed E-state index contributed by atoms with van der Waals surface area (Å²) in [7, 11) is 0. The van der Waals surface area contributed by atoms with Crippen molar-refractivity contribution in [2.45, 2.75) is 69.4 Å². The molecule has 2 aliphatic heterocycles. The molecule has 0 amide bonds. The molecule has 4 aliphatic rings. The molecule has 0 spiro atoms. The average molecular weight is 270 g/mol. The topological polar surface area (TPSA) is 65.5 Å². The highest BCUT2D eigenvalue weighted by molar-refractivity contribution is 5.08. The molecule has 19 heavy (non-hydrogen) atoms. The monoisotopic (exact) mass is 270 g/mol. The van der Waals surface area contributed by atoms with E-state index < -0.39 is 0 Å². The van der Waals surface area contributed by atoms with Crippen LogP contribution >= 0.6 is 0 Å². The van der Waals surface area contributed by atoms with Crippen molar-refractivity contribution in [3.63, 3.8) is 0 Å². The molecule has 4 nitrogen and oxygen atoms in total. The quantitative estimate of drug-likeness (QED) is 0.563. The fraction of sp³-hybridized carbons (Fsp3) is 0.867. The number of fused-ring (bicyclic) bond motifs is 2. The summed E-state index contributed by atoms with van der Waals surface area (Å²) >= 11 is 0. The summed E-state index contributed by atoms with van der Waals surface area (Å²) in [6.45, 7) is 3.66. The summed E-state index contributed by atoms with van der Waals surface area (Å²) in [4.78, 5) is 0. The van der Waals surface area contributed by atoms with Crippen molar-refractivity contribution in [3.8, 4) is 0 Å². The van der Waals surface area contributed by atoms with Crippen LogP contribution in [0.15, 0.2) is 12.2 Å². The molecule has 110 valence electrons. The fourth-order valence-corrected chi connectivity index (χ4v) is 2.72. The normalized spacial score (nSPS) is 37.7. The van der Waals surface area contributed by atoms with E-state index in [-0.39, 0.29) is 13.2 Å². The number of hydrogen-bond acceptors (Lipinski definition) is 4. The summed E-state index contributed by atoms with van der Waals surface area (Å²) in [6, 6.07) is 0. The molecule has 2 N–H and O–H groups in total. The van der Waals surface area contributed by atoms with Gasteiger partial charge in [-0.2, -0.15) is 0 Å². The van der Waals surface area contributed by atoms with E-state index in [1.54, 1.807) is 0 Å². The molecule has 2 saturated heterocycles. The molecule has 4 heteroatoms. The highest BCUT2D eigenvalue weighted by Gasteiger charge is 2.41. The predicted molar refractivity (Wildman–Crippen MR) is 73.0 cm³/mol. The minimum atomic E-state index is -0.125. The number of rotatable bonds is 1. The van der Waals surface area contributed by atoms with E-state index in [9.17, 15) is 0 Å². The molecule has 0 radical (unpaired) electrons. The Kier molecular flexibility index (Phi) is 5.82. The van der Waals surface area contributed by atoms with Gasteiger partial charge < -0.3 is 19.7 Å².